The maximum atomic E-state index is 12.3. The van der Waals surface area contributed by atoms with Gasteiger partial charge in [0.25, 0.3) is 5.91 Å². The molecule has 20 heavy (non-hydrogen) atoms. The normalized spacial score (nSPS) is 10.6. The highest BCUT2D eigenvalue weighted by atomic mass is 16.2. The number of benzene rings is 1. The summed E-state index contributed by atoms with van der Waals surface area (Å²) in [6, 6.07) is 7.97. The Morgan fingerprint density at radius 1 is 1.35 bits per heavy atom. The maximum Gasteiger partial charge on any atom is 0.271 e. The van der Waals surface area contributed by atoms with Crippen molar-refractivity contribution in [3.8, 4) is 0 Å². The third-order valence-electron chi connectivity index (χ3n) is 3.39. The smallest absolute Gasteiger partial charge is 0.271 e. The van der Waals surface area contributed by atoms with Crippen molar-refractivity contribution >= 4 is 11.6 Å². The first kappa shape index (κ1) is 14.1. The van der Waals surface area contributed by atoms with Gasteiger partial charge in [0.15, 0.2) is 0 Å². The van der Waals surface area contributed by atoms with E-state index in [1.807, 2.05) is 38.1 Å². The van der Waals surface area contributed by atoms with Crippen LogP contribution in [0.2, 0.25) is 0 Å². The summed E-state index contributed by atoms with van der Waals surface area (Å²) in [4.78, 5) is 12.3. The number of aryl methyl sites for hydroxylation is 3. The SMILES string of the molecule is CCn1nc(C)c(N)c1C(=O)NCc1ccccc1C. The highest BCUT2D eigenvalue weighted by Gasteiger charge is 2.18. The van der Waals surface area contributed by atoms with Gasteiger partial charge in [0.1, 0.15) is 5.69 Å². The Morgan fingerprint density at radius 2 is 2.05 bits per heavy atom. The predicted molar refractivity (Wildman–Crippen MR) is 79.4 cm³/mol. The lowest BCUT2D eigenvalue weighted by Crippen LogP contribution is -2.26. The van der Waals surface area contributed by atoms with Crippen molar-refractivity contribution in [3.05, 3.63) is 46.8 Å². The van der Waals surface area contributed by atoms with E-state index < -0.39 is 0 Å². The minimum Gasteiger partial charge on any atom is -0.395 e. The maximum absolute atomic E-state index is 12.3. The first-order valence-corrected chi connectivity index (χ1v) is 6.70. The van der Waals surface area contributed by atoms with E-state index in [9.17, 15) is 4.79 Å². The molecule has 0 spiro atoms. The molecule has 1 aromatic carbocycles. The zero-order chi connectivity index (χ0) is 14.7. The molecule has 0 saturated carbocycles. The van der Waals surface area contributed by atoms with E-state index in [2.05, 4.69) is 10.4 Å². The van der Waals surface area contributed by atoms with E-state index in [1.165, 1.54) is 0 Å². The Kier molecular flexibility index (Phi) is 4.08. The monoisotopic (exact) mass is 272 g/mol. The molecule has 0 aliphatic heterocycles. The van der Waals surface area contributed by atoms with E-state index in [1.54, 1.807) is 11.6 Å². The Hall–Kier alpha value is -2.30. The number of hydrogen-bond acceptors (Lipinski definition) is 3. The van der Waals surface area contributed by atoms with Gasteiger partial charge in [-0.1, -0.05) is 24.3 Å². The number of rotatable bonds is 4. The van der Waals surface area contributed by atoms with Crippen molar-refractivity contribution in [1.82, 2.24) is 15.1 Å². The van der Waals surface area contributed by atoms with Crippen LogP contribution < -0.4 is 11.1 Å². The number of carbonyl (C=O) groups is 1. The number of carbonyl (C=O) groups excluding carboxylic acids is 1. The predicted octanol–water partition coefficient (Wildman–Crippen LogP) is 2.03. The van der Waals surface area contributed by atoms with Crippen LogP contribution in [0.4, 0.5) is 5.69 Å². The number of nitrogens with zero attached hydrogens (tertiary/aromatic N) is 2. The van der Waals surface area contributed by atoms with Crippen LogP contribution in [0.25, 0.3) is 0 Å². The van der Waals surface area contributed by atoms with E-state index in [-0.39, 0.29) is 5.91 Å². The molecule has 2 aromatic rings. The van der Waals surface area contributed by atoms with Gasteiger partial charge in [-0.25, -0.2) is 0 Å². The molecule has 0 aliphatic rings. The second-order valence-electron chi connectivity index (χ2n) is 4.77. The molecule has 106 valence electrons. The van der Waals surface area contributed by atoms with Crippen molar-refractivity contribution in [2.24, 2.45) is 0 Å². The molecular formula is C15H20N4O. The molecule has 1 amide bonds. The molecule has 5 nitrogen and oxygen atoms in total. The number of hydrogen-bond donors (Lipinski definition) is 2. The van der Waals surface area contributed by atoms with Crippen LogP contribution in [0, 0.1) is 13.8 Å². The van der Waals surface area contributed by atoms with Gasteiger partial charge in [0.2, 0.25) is 0 Å². The third-order valence-corrected chi connectivity index (χ3v) is 3.39. The fourth-order valence-electron chi connectivity index (χ4n) is 2.13. The topological polar surface area (TPSA) is 72.9 Å². The molecule has 0 aliphatic carbocycles. The summed E-state index contributed by atoms with van der Waals surface area (Å²) < 4.78 is 1.64. The van der Waals surface area contributed by atoms with Crippen molar-refractivity contribution in [3.63, 3.8) is 0 Å². The van der Waals surface area contributed by atoms with Crippen LogP contribution in [0.3, 0.4) is 0 Å². The number of nitrogens with one attached hydrogen (secondary N) is 1. The lowest BCUT2D eigenvalue weighted by atomic mass is 10.1. The largest absolute Gasteiger partial charge is 0.395 e. The average molecular weight is 272 g/mol. The van der Waals surface area contributed by atoms with Crippen LogP contribution in [0.5, 0.6) is 0 Å². The van der Waals surface area contributed by atoms with Crippen LogP contribution in [-0.2, 0) is 13.1 Å². The Morgan fingerprint density at radius 3 is 2.70 bits per heavy atom. The lowest BCUT2D eigenvalue weighted by molar-refractivity contribution is 0.0941. The second-order valence-corrected chi connectivity index (χ2v) is 4.77. The quantitative estimate of drug-likeness (QED) is 0.894. The summed E-state index contributed by atoms with van der Waals surface area (Å²) in [7, 11) is 0. The van der Waals surface area contributed by atoms with Crippen LogP contribution >= 0.6 is 0 Å². The average Bonchev–Trinajstić information content (AvgIpc) is 2.73. The summed E-state index contributed by atoms with van der Waals surface area (Å²) in [5.41, 5.74) is 9.77. The minimum atomic E-state index is -0.187. The molecule has 3 N–H and O–H groups in total. The van der Waals surface area contributed by atoms with Crippen LogP contribution in [-0.4, -0.2) is 15.7 Å². The van der Waals surface area contributed by atoms with Crippen LogP contribution in [0.15, 0.2) is 24.3 Å². The lowest BCUT2D eigenvalue weighted by Gasteiger charge is -2.09. The summed E-state index contributed by atoms with van der Waals surface area (Å²) >= 11 is 0. The van der Waals surface area contributed by atoms with E-state index in [0.717, 1.165) is 11.1 Å². The molecule has 1 heterocycles. The molecule has 0 unspecified atom stereocenters. The summed E-state index contributed by atoms with van der Waals surface area (Å²) in [5, 5.41) is 7.16. The molecule has 1 aromatic heterocycles. The zero-order valence-electron chi connectivity index (χ0n) is 12.1. The van der Waals surface area contributed by atoms with Gasteiger partial charge in [0.05, 0.1) is 11.4 Å². The van der Waals surface area contributed by atoms with Gasteiger partial charge >= 0.3 is 0 Å². The van der Waals surface area contributed by atoms with Crippen molar-refractivity contribution < 1.29 is 4.79 Å². The van der Waals surface area contributed by atoms with Crippen molar-refractivity contribution in [2.75, 3.05) is 5.73 Å². The number of anilines is 1. The van der Waals surface area contributed by atoms with Gasteiger partial charge in [-0.3, -0.25) is 9.48 Å². The molecule has 0 radical (unpaired) electrons. The van der Waals surface area contributed by atoms with Gasteiger partial charge in [0, 0.05) is 13.1 Å². The molecule has 0 bridgehead atoms. The van der Waals surface area contributed by atoms with Crippen molar-refractivity contribution in [2.45, 2.75) is 33.9 Å². The van der Waals surface area contributed by atoms with Crippen LogP contribution in [0.1, 0.15) is 34.2 Å². The standard InChI is InChI=1S/C15H20N4O/c1-4-19-14(13(16)11(3)18-19)15(20)17-9-12-8-6-5-7-10(12)2/h5-8H,4,9,16H2,1-3H3,(H,17,20). The first-order valence-electron chi connectivity index (χ1n) is 6.70. The van der Waals surface area contributed by atoms with E-state index in [0.29, 0.717) is 30.2 Å². The highest BCUT2D eigenvalue weighted by molar-refractivity contribution is 5.97. The fraction of sp³-hybridized carbons (Fsp3) is 0.333. The van der Waals surface area contributed by atoms with Gasteiger partial charge < -0.3 is 11.1 Å². The number of aromatic nitrogens is 2. The number of amides is 1. The molecular weight excluding hydrogens is 252 g/mol. The molecule has 2 rings (SSSR count). The first-order chi connectivity index (χ1) is 9.54. The third kappa shape index (κ3) is 2.66. The number of nitrogen functional groups attached to an aromatic ring is 1. The second kappa shape index (κ2) is 5.77. The van der Waals surface area contributed by atoms with Gasteiger partial charge in [-0.2, -0.15) is 5.10 Å². The Labute approximate surface area is 118 Å². The van der Waals surface area contributed by atoms with Crippen molar-refractivity contribution in [1.29, 1.82) is 0 Å². The highest BCUT2D eigenvalue weighted by Crippen LogP contribution is 2.16. The van der Waals surface area contributed by atoms with Gasteiger partial charge in [-0.05, 0) is 31.9 Å². The molecule has 0 fully saturated rings. The fourth-order valence-corrected chi connectivity index (χ4v) is 2.13. The number of nitrogens with two attached hydrogens (primary N) is 1. The Balaban J connectivity index is 2.15. The molecule has 0 saturated heterocycles. The Bertz CT molecular complexity index is 631. The minimum absolute atomic E-state index is 0.187. The summed E-state index contributed by atoms with van der Waals surface area (Å²) in [5.74, 6) is -0.187. The van der Waals surface area contributed by atoms with Gasteiger partial charge in [-0.15, -0.1) is 0 Å². The molecule has 5 heteroatoms. The summed E-state index contributed by atoms with van der Waals surface area (Å²) in [6.07, 6.45) is 0. The molecule has 0 atom stereocenters. The zero-order valence-corrected chi connectivity index (χ0v) is 12.1. The van der Waals surface area contributed by atoms with E-state index >= 15 is 0 Å². The summed E-state index contributed by atoms with van der Waals surface area (Å²) in [6.45, 7) is 6.87. The van der Waals surface area contributed by atoms with E-state index in [4.69, 9.17) is 5.73 Å².